The van der Waals surface area contributed by atoms with E-state index in [1.54, 1.807) is 17.8 Å². The molecule has 2 aromatic carbocycles. The SMILES string of the molecule is Cc1ccccc1CSc1cc(F)c(I)cc1N. The number of anilines is 1. The van der Waals surface area contributed by atoms with Gasteiger partial charge in [-0.15, -0.1) is 11.8 Å². The maximum Gasteiger partial charge on any atom is 0.137 e. The number of rotatable bonds is 3. The van der Waals surface area contributed by atoms with Crippen LogP contribution in [0.1, 0.15) is 11.1 Å². The van der Waals surface area contributed by atoms with Gasteiger partial charge < -0.3 is 5.73 Å². The van der Waals surface area contributed by atoms with Gasteiger partial charge >= 0.3 is 0 Å². The van der Waals surface area contributed by atoms with Gasteiger partial charge in [-0.05, 0) is 52.8 Å². The number of thioether (sulfide) groups is 1. The largest absolute Gasteiger partial charge is 0.398 e. The lowest BCUT2D eigenvalue weighted by Gasteiger charge is -2.08. The Hall–Kier alpha value is -0.750. The van der Waals surface area contributed by atoms with Crippen molar-refractivity contribution in [3.63, 3.8) is 0 Å². The van der Waals surface area contributed by atoms with E-state index in [0.717, 1.165) is 10.6 Å². The lowest BCUT2D eigenvalue weighted by molar-refractivity contribution is 0.617. The predicted molar refractivity (Wildman–Crippen MR) is 84.3 cm³/mol. The van der Waals surface area contributed by atoms with E-state index in [9.17, 15) is 4.39 Å². The molecule has 2 rings (SSSR count). The number of halogens is 2. The summed E-state index contributed by atoms with van der Waals surface area (Å²) in [5, 5.41) is 0. The highest BCUT2D eigenvalue weighted by Gasteiger charge is 2.07. The van der Waals surface area contributed by atoms with Crippen LogP contribution in [0.5, 0.6) is 0 Å². The van der Waals surface area contributed by atoms with Crippen LogP contribution in [0, 0.1) is 16.3 Å². The van der Waals surface area contributed by atoms with Crippen LogP contribution in [0.3, 0.4) is 0 Å². The van der Waals surface area contributed by atoms with Gasteiger partial charge in [-0.3, -0.25) is 0 Å². The Bertz CT molecular complexity index is 572. The number of nitrogens with two attached hydrogens (primary N) is 1. The fourth-order valence-corrected chi connectivity index (χ4v) is 3.14. The quantitative estimate of drug-likeness (QED) is 0.483. The van der Waals surface area contributed by atoms with E-state index in [1.807, 2.05) is 34.7 Å². The van der Waals surface area contributed by atoms with Crippen LogP contribution in [0.4, 0.5) is 10.1 Å². The van der Waals surface area contributed by atoms with Gasteiger partial charge in [-0.1, -0.05) is 24.3 Å². The highest BCUT2D eigenvalue weighted by Crippen LogP contribution is 2.31. The van der Waals surface area contributed by atoms with Crippen molar-refractivity contribution in [1.29, 1.82) is 0 Å². The summed E-state index contributed by atoms with van der Waals surface area (Å²) in [5.41, 5.74) is 9.03. The van der Waals surface area contributed by atoms with E-state index < -0.39 is 0 Å². The molecule has 0 amide bonds. The van der Waals surface area contributed by atoms with Crippen LogP contribution >= 0.6 is 34.4 Å². The fraction of sp³-hybridized carbons (Fsp3) is 0.143. The first-order chi connectivity index (χ1) is 8.58. The summed E-state index contributed by atoms with van der Waals surface area (Å²) in [5.74, 6) is 0.591. The zero-order valence-corrected chi connectivity index (χ0v) is 12.9. The summed E-state index contributed by atoms with van der Waals surface area (Å²) >= 11 is 3.52. The van der Waals surface area contributed by atoms with Crippen LogP contribution in [0.25, 0.3) is 0 Å². The van der Waals surface area contributed by atoms with Gasteiger partial charge in [0, 0.05) is 16.3 Å². The Balaban J connectivity index is 2.16. The van der Waals surface area contributed by atoms with Gasteiger partial charge in [0.05, 0.1) is 3.57 Å². The standard InChI is InChI=1S/C14H13FINS/c1-9-4-2-3-5-10(9)8-18-14-6-11(15)12(16)7-13(14)17/h2-7H,8,17H2,1H3. The average molecular weight is 373 g/mol. The molecule has 2 aromatic rings. The highest BCUT2D eigenvalue weighted by atomic mass is 127. The van der Waals surface area contributed by atoms with E-state index in [0.29, 0.717) is 9.26 Å². The van der Waals surface area contributed by atoms with E-state index in [1.165, 1.54) is 17.2 Å². The molecule has 1 nitrogen and oxygen atoms in total. The molecule has 18 heavy (non-hydrogen) atoms. The van der Waals surface area contributed by atoms with Crippen molar-refractivity contribution in [2.45, 2.75) is 17.6 Å². The molecule has 0 aromatic heterocycles. The minimum Gasteiger partial charge on any atom is -0.398 e. The Kier molecular flexibility index (Phi) is 4.50. The molecule has 0 radical (unpaired) electrons. The minimum absolute atomic E-state index is 0.211. The van der Waals surface area contributed by atoms with Crippen molar-refractivity contribution >= 4 is 40.0 Å². The summed E-state index contributed by atoms with van der Waals surface area (Å²) in [4.78, 5) is 0.802. The number of hydrogen-bond acceptors (Lipinski definition) is 2. The maximum atomic E-state index is 13.5. The van der Waals surface area contributed by atoms with E-state index in [4.69, 9.17) is 5.73 Å². The first-order valence-electron chi connectivity index (χ1n) is 5.50. The van der Waals surface area contributed by atoms with Crippen molar-refractivity contribution in [2.24, 2.45) is 0 Å². The Morgan fingerprint density at radius 2 is 2.00 bits per heavy atom. The molecule has 94 valence electrons. The third-order valence-electron chi connectivity index (χ3n) is 2.70. The number of nitrogen functional groups attached to an aromatic ring is 1. The molecule has 0 aliphatic heterocycles. The molecule has 0 saturated heterocycles. The van der Waals surface area contributed by atoms with E-state index >= 15 is 0 Å². The molecule has 4 heteroatoms. The molecule has 0 fully saturated rings. The summed E-state index contributed by atoms with van der Waals surface area (Å²) in [6, 6.07) is 11.4. The van der Waals surface area contributed by atoms with Gasteiger partial charge in [0.25, 0.3) is 0 Å². The van der Waals surface area contributed by atoms with Crippen LogP contribution < -0.4 is 5.73 Å². The van der Waals surface area contributed by atoms with Crippen LogP contribution in [-0.4, -0.2) is 0 Å². The van der Waals surface area contributed by atoms with Crippen molar-refractivity contribution in [2.75, 3.05) is 5.73 Å². The molecule has 0 saturated carbocycles. The van der Waals surface area contributed by atoms with Crippen molar-refractivity contribution in [1.82, 2.24) is 0 Å². The summed E-state index contributed by atoms with van der Waals surface area (Å²) in [6.07, 6.45) is 0. The number of benzene rings is 2. The first kappa shape index (κ1) is 13.7. The van der Waals surface area contributed by atoms with Gasteiger partial charge in [-0.2, -0.15) is 0 Å². The van der Waals surface area contributed by atoms with Gasteiger partial charge in [0.1, 0.15) is 5.82 Å². The zero-order chi connectivity index (χ0) is 13.1. The Labute approximate surface area is 124 Å². The second kappa shape index (κ2) is 5.93. The second-order valence-electron chi connectivity index (χ2n) is 4.02. The Morgan fingerprint density at radius 3 is 2.72 bits per heavy atom. The fourth-order valence-electron chi connectivity index (χ4n) is 1.60. The maximum absolute atomic E-state index is 13.5. The van der Waals surface area contributed by atoms with Crippen molar-refractivity contribution in [3.8, 4) is 0 Å². The van der Waals surface area contributed by atoms with Crippen molar-refractivity contribution < 1.29 is 4.39 Å². The van der Waals surface area contributed by atoms with Gasteiger partial charge in [0.2, 0.25) is 0 Å². The second-order valence-corrected chi connectivity index (χ2v) is 6.20. The summed E-state index contributed by atoms with van der Waals surface area (Å²) in [7, 11) is 0. The highest BCUT2D eigenvalue weighted by molar-refractivity contribution is 14.1. The monoisotopic (exact) mass is 373 g/mol. The first-order valence-corrected chi connectivity index (χ1v) is 7.56. The van der Waals surface area contributed by atoms with E-state index in [2.05, 4.69) is 19.1 Å². The molecule has 2 N–H and O–H groups in total. The van der Waals surface area contributed by atoms with Crippen molar-refractivity contribution in [3.05, 3.63) is 56.9 Å². The molecule has 0 spiro atoms. The summed E-state index contributed by atoms with van der Waals surface area (Å²) in [6.45, 7) is 2.08. The molecular weight excluding hydrogens is 360 g/mol. The molecule has 0 bridgehead atoms. The third-order valence-corrected chi connectivity index (χ3v) is 4.64. The van der Waals surface area contributed by atoms with Crippen LogP contribution in [0.2, 0.25) is 0 Å². The molecule has 0 aliphatic carbocycles. The normalized spacial score (nSPS) is 10.6. The van der Waals surface area contributed by atoms with Gasteiger partial charge in [0.15, 0.2) is 0 Å². The van der Waals surface area contributed by atoms with Crippen LogP contribution in [-0.2, 0) is 5.75 Å². The Morgan fingerprint density at radius 1 is 1.28 bits per heavy atom. The smallest absolute Gasteiger partial charge is 0.137 e. The summed E-state index contributed by atoms with van der Waals surface area (Å²) < 4.78 is 14.0. The predicted octanol–water partition coefficient (Wildman–Crippen LogP) is 4.61. The lowest BCUT2D eigenvalue weighted by atomic mass is 10.1. The molecule has 0 heterocycles. The number of aryl methyl sites for hydroxylation is 1. The molecular formula is C14H13FINS. The topological polar surface area (TPSA) is 26.0 Å². The number of hydrogen-bond donors (Lipinski definition) is 1. The van der Waals surface area contributed by atoms with Gasteiger partial charge in [-0.25, -0.2) is 4.39 Å². The molecule has 0 unspecified atom stereocenters. The zero-order valence-electron chi connectivity index (χ0n) is 9.91. The average Bonchev–Trinajstić information content (AvgIpc) is 2.34. The van der Waals surface area contributed by atoms with E-state index in [-0.39, 0.29) is 5.82 Å². The molecule has 0 atom stereocenters. The molecule has 0 aliphatic rings. The van der Waals surface area contributed by atoms with Crippen LogP contribution in [0.15, 0.2) is 41.3 Å². The lowest BCUT2D eigenvalue weighted by Crippen LogP contribution is -1.93. The third kappa shape index (κ3) is 3.17. The minimum atomic E-state index is -0.211.